The maximum absolute atomic E-state index is 11.9. The second kappa shape index (κ2) is 7.71. The van der Waals surface area contributed by atoms with Crippen LogP contribution in [0.2, 0.25) is 0 Å². The van der Waals surface area contributed by atoms with Gasteiger partial charge in [-0.2, -0.15) is 0 Å². The predicted molar refractivity (Wildman–Crippen MR) is 76.5 cm³/mol. The smallest absolute Gasteiger partial charge is 0.238 e. The van der Waals surface area contributed by atoms with Gasteiger partial charge < -0.3 is 11.1 Å². The minimum atomic E-state index is 0.0162. The van der Waals surface area contributed by atoms with Crippen LogP contribution in [0, 0.1) is 0 Å². The Kier molecular flexibility index (Phi) is 6.22. The number of nitrogens with zero attached hydrogens (tertiary/aromatic N) is 1. The Morgan fingerprint density at radius 3 is 2.50 bits per heavy atom. The first-order chi connectivity index (χ1) is 8.65. The monoisotopic (exact) mass is 249 g/mol. The molecule has 0 atom stereocenters. The fourth-order valence-electron chi connectivity index (χ4n) is 1.92. The van der Waals surface area contributed by atoms with Crippen molar-refractivity contribution in [3.05, 3.63) is 24.3 Å². The summed E-state index contributed by atoms with van der Waals surface area (Å²) in [5.74, 6) is 0.0162. The number of carbonyl (C=O) groups is 1. The molecular weight excluding hydrogens is 226 g/mol. The summed E-state index contributed by atoms with van der Waals surface area (Å²) in [4.78, 5) is 14.1. The first kappa shape index (κ1) is 14.5. The number of rotatable bonds is 7. The van der Waals surface area contributed by atoms with Gasteiger partial charge in [-0.3, -0.25) is 9.69 Å². The summed E-state index contributed by atoms with van der Waals surface area (Å²) < 4.78 is 0. The van der Waals surface area contributed by atoms with Gasteiger partial charge >= 0.3 is 0 Å². The van der Waals surface area contributed by atoms with Gasteiger partial charge in [0.15, 0.2) is 0 Å². The summed E-state index contributed by atoms with van der Waals surface area (Å²) in [6, 6.07) is 7.25. The molecule has 4 heteroatoms. The molecule has 18 heavy (non-hydrogen) atoms. The molecule has 0 aliphatic heterocycles. The van der Waals surface area contributed by atoms with E-state index in [2.05, 4.69) is 24.1 Å². The van der Waals surface area contributed by atoms with Crippen LogP contribution in [0.1, 0.15) is 26.7 Å². The Morgan fingerprint density at radius 2 is 1.94 bits per heavy atom. The number of carbonyl (C=O) groups excluding carboxylic acids is 1. The number of nitrogen functional groups attached to an aromatic ring is 1. The van der Waals surface area contributed by atoms with Crippen molar-refractivity contribution in [2.24, 2.45) is 0 Å². The minimum Gasteiger partial charge on any atom is -0.399 e. The quantitative estimate of drug-likeness (QED) is 0.729. The lowest BCUT2D eigenvalue weighted by atomic mass is 10.3. The topological polar surface area (TPSA) is 58.4 Å². The summed E-state index contributed by atoms with van der Waals surface area (Å²) >= 11 is 0. The third kappa shape index (κ3) is 5.19. The number of hydrogen-bond donors (Lipinski definition) is 2. The number of nitrogens with two attached hydrogens (primary N) is 1. The number of benzene rings is 1. The van der Waals surface area contributed by atoms with Crippen molar-refractivity contribution in [3.8, 4) is 0 Å². The molecule has 0 unspecified atom stereocenters. The summed E-state index contributed by atoms with van der Waals surface area (Å²) in [5.41, 5.74) is 7.09. The lowest BCUT2D eigenvalue weighted by Crippen LogP contribution is -2.34. The number of hydrogen-bond acceptors (Lipinski definition) is 3. The van der Waals surface area contributed by atoms with Crippen LogP contribution < -0.4 is 11.1 Å². The summed E-state index contributed by atoms with van der Waals surface area (Å²) in [6.45, 7) is 6.60. The van der Waals surface area contributed by atoms with Crippen molar-refractivity contribution < 1.29 is 4.79 Å². The number of nitrogens with one attached hydrogen (secondary N) is 1. The van der Waals surface area contributed by atoms with Crippen LogP contribution in [-0.4, -0.2) is 30.4 Å². The SMILES string of the molecule is CCCN(CCC)CC(=O)Nc1cccc(N)c1. The zero-order valence-corrected chi connectivity index (χ0v) is 11.3. The molecule has 0 bridgehead atoms. The van der Waals surface area contributed by atoms with Crippen LogP contribution in [-0.2, 0) is 4.79 Å². The average molecular weight is 249 g/mol. The molecule has 0 saturated carbocycles. The van der Waals surface area contributed by atoms with Gasteiger partial charge in [-0.25, -0.2) is 0 Å². The predicted octanol–water partition coefficient (Wildman–Crippen LogP) is 2.33. The number of anilines is 2. The Balaban J connectivity index is 2.49. The van der Waals surface area contributed by atoms with Crippen LogP contribution in [0.25, 0.3) is 0 Å². The van der Waals surface area contributed by atoms with Crippen LogP contribution in [0.4, 0.5) is 11.4 Å². The zero-order chi connectivity index (χ0) is 13.4. The highest BCUT2D eigenvalue weighted by atomic mass is 16.2. The average Bonchev–Trinajstić information content (AvgIpc) is 2.29. The van der Waals surface area contributed by atoms with Crippen molar-refractivity contribution in [1.82, 2.24) is 4.90 Å². The Labute approximate surface area is 109 Å². The molecule has 0 heterocycles. The largest absolute Gasteiger partial charge is 0.399 e. The van der Waals surface area contributed by atoms with Crippen LogP contribution in [0.3, 0.4) is 0 Å². The molecule has 0 radical (unpaired) electrons. The van der Waals surface area contributed by atoms with E-state index in [1.165, 1.54) is 0 Å². The fourth-order valence-corrected chi connectivity index (χ4v) is 1.92. The van der Waals surface area contributed by atoms with Gasteiger partial charge in [-0.15, -0.1) is 0 Å². The first-order valence-electron chi connectivity index (χ1n) is 6.53. The molecule has 1 aromatic carbocycles. The van der Waals surface area contributed by atoms with E-state index in [9.17, 15) is 4.79 Å². The molecule has 3 N–H and O–H groups in total. The Bertz CT molecular complexity index is 373. The second-order valence-corrected chi connectivity index (χ2v) is 4.45. The van der Waals surface area contributed by atoms with E-state index < -0.39 is 0 Å². The molecule has 0 aromatic heterocycles. The molecule has 0 aliphatic carbocycles. The van der Waals surface area contributed by atoms with E-state index in [1.54, 1.807) is 12.1 Å². The normalized spacial score (nSPS) is 10.6. The molecule has 0 fully saturated rings. The van der Waals surface area contributed by atoms with Crippen molar-refractivity contribution in [2.45, 2.75) is 26.7 Å². The van der Waals surface area contributed by atoms with Gasteiger partial charge in [0, 0.05) is 11.4 Å². The first-order valence-corrected chi connectivity index (χ1v) is 6.53. The van der Waals surface area contributed by atoms with Gasteiger partial charge in [0.25, 0.3) is 0 Å². The Morgan fingerprint density at radius 1 is 1.28 bits per heavy atom. The van der Waals surface area contributed by atoms with Crippen molar-refractivity contribution in [1.29, 1.82) is 0 Å². The second-order valence-electron chi connectivity index (χ2n) is 4.45. The van der Waals surface area contributed by atoms with Crippen molar-refractivity contribution >= 4 is 17.3 Å². The molecule has 4 nitrogen and oxygen atoms in total. The van der Waals surface area contributed by atoms with Gasteiger partial charge in [-0.1, -0.05) is 19.9 Å². The van der Waals surface area contributed by atoms with Crippen LogP contribution in [0.15, 0.2) is 24.3 Å². The molecule has 0 aliphatic rings. The maximum atomic E-state index is 11.9. The number of amides is 1. The van der Waals surface area contributed by atoms with E-state index in [-0.39, 0.29) is 5.91 Å². The molecular formula is C14H23N3O. The fraction of sp³-hybridized carbons (Fsp3) is 0.500. The Hall–Kier alpha value is -1.55. The molecule has 0 spiro atoms. The summed E-state index contributed by atoms with van der Waals surface area (Å²) in [6.07, 6.45) is 2.12. The lowest BCUT2D eigenvalue weighted by molar-refractivity contribution is -0.117. The van der Waals surface area contributed by atoms with Gasteiger partial charge in [-0.05, 0) is 44.1 Å². The zero-order valence-electron chi connectivity index (χ0n) is 11.3. The van der Waals surface area contributed by atoms with Crippen LogP contribution >= 0.6 is 0 Å². The minimum absolute atomic E-state index is 0.0162. The van der Waals surface area contributed by atoms with E-state index in [4.69, 9.17) is 5.73 Å². The lowest BCUT2D eigenvalue weighted by Gasteiger charge is -2.20. The van der Waals surface area contributed by atoms with E-state index >= 15 is 0 Å². The maximum Gasteiger partial charge on any atom is 0.238 e. The van der Waals surface area contributed by atoms with Crippen molar-refractivity contribution in [3.63, 3.8) is 0 Å². The highest BCUT2D eigenvalue weighted by Gasteiger charge is 2.09. The highest BCUT2D eigenvalue weighted by molar-refractivity contribution is 5.92. The van der Waals surface area contributed by atoms with Gasteiger partial charge in [0.05, 0.1) is 6.54 Å². The van der Waals surface area contributed by atoms with E-state index in [0.29, 0.717) is 12.2 Å². The van der Waals surface area contributed by atoms with Gasteiger partial charge in [0.1, 0.15) is 0 Å². The third-order valence-electron chi connectivity index (χ3n) is 2.62. The third-order valence-corrected chi connectivity index (χ3v) is 2.62. The molecule has 100 valence electrons. The van der Waals surface area contributed by atoms with E-state index in [1.807, 2.05) is 12.1 Å². The van der Waals surface area contributed by atoms with Crippen molar-refractivity contribution in [2.75, 3.05) is 30.7 Å². The van der Waals surface area contributed by atoms with Crippen LogP contribution in [0.5, 0.6) is 0 Å². The van der Waals surface area contributed by atoms with E-state index in [0.717, 1.165) is 31.6 Å². The molecule has 1 aromatic rings. The molecule has 1 amide bonds. The summed E-state index contributed by atoms with van der Waals surface area (Å²) in [7, 11) is 0. The molecule has 1 rings (SSSR count). The highest BCUT2D eigenvalue weighted by Crippen LogP contribution is 2.11. The standard InChI is InChI=1S/C14H23N3O/c1-3-8-17(9-4-2)11-14(18)16-13-7-5-6-12(15)10-13/h5-7,10H,3-4,8-9,11,15H2,1-2H3,(H,16,18). The summed E-state index contributed by atoms with van der Waals surface area (Å²) in [5, 5.41) is 2.87. The molecule has 0 saturated heterocycles. The van der Waals surface area contributed by atoms with Gasteiger partial charge in [0.2, 0.25) is 5.91 Å².